The van der Waals surface area contributed by atoms with E-state index in [2.05, 4.69) is 21.2 Å². The molecule has 0 saturated heterocycles. The van der Waals surface area contributed by atoms with E-state index in [0.717, 1.165) is 12.1 Å². The van der Waals surface area contributed by atoms with Crippen molar-refractivity contribution in [2.24, 2.45) is 0 Å². The Labute approximate surface area is 113 Å². The van der Waals surface area contributed by atoms with Crippen LogP contribution in [0.5, 0.6) is 0 Å². The fourth-order valence-corrected chi connectivity index (χ4v) is 1.41. The first-order chi connectivity index (χ1) is 8.69. The number of hydrogen-bond acceptors (Lipinski definition) is 2. The Hall–Kier alpha value is -1.38. The van der Waals surface area contributed by atoms with Crippen LogP contribution in [-0.4, -0.2) is 25.2 Å². The Balaban J connectivity index is 2.53. The maximum atomic E-state index is 13.3. The molecule has 0 heterocycles. The highest BCUT2D eigenvalue weighted by Gasteiger charge is 2.27. The average molecular weight is 347 g/mol. The largest absolute Gasteiger partial charge is 0.405 e. The summed E-state index contributed by atoms with van der Waals surface area (Å²) in [5, 5.41) is 3.79. The van der Waals surface area contributed by atoms with E-state index in [1.165, 1.54) is 0 Å². The maximum Gasteiger partial charge on any atom is 0.405 e. The second-order valence-corrected chi connectivity index (χ2v) is 4.35. The van der Waals surface area contributed by atoms with E-state index >= 15 is 0 Å². The normalized spacial score (nSPS) is 11.3. The van der Waals surface area contributed by atoms with Gasteiger partial charge < -0.3 is 10.6 Å². The van der Waals surface area contributed by atoms with Gasteiger partial charge in [0.15, 0.2) is 0 Å². The highest BCUT2D eigenvalue weighted by Crippen LogP contribution is 2.23. The Morgan fingerprint density at radius 3 is 2.42 bits per heavy atom. The van der Waals surface area contributed by atoms with Gasteiger partial charge in [0.2, 0.25) is 5.91 Å². The van der Waals surface area contributed by atoms with Crippen LogP contribution in [0, 0.1) is 11.6 Å². The molecule has 0 aliphatic heterocycles. The van der Waals surface area contributed by atoms with E-state index in [1.807, 2.05) is 0 Å². The molecule has 0 aliphatic rings. The summed E-state index contributed by atoms with van der Waals surface area (Å²) in [5.74, 6) is -2.59. The number of amides is 1. The molecule has 2 N–H and O–H groups in total. The lowest BCUT2D eigenvalue weighted by atomic mass is 10.3. The van der Waals surface area contributed by atoms with Gasteiger partial charge in [-0.05, 0) is 22.0 Å². The lowest BCUT2D eigenvalue weighted by Crippen LogP contribution is -2.37. The first-order valence-corrected chi connectivity index (χ1v) is 5.70. The van der Waals surface area contributed by atoms with E-state index in [4.69, 9.17) is 0 Å². The molecule has 0 bridgehead atoms. The summed E-state index contributed by atoms with van der Waals surface area (Å²) < 4.78 is 61.6. The summed E-state index contributed by atoms with van der Waals surface area (Å²) in [6.45, 7) is -2.08. The fraction of sp³-hybridized carbons (Fsp3) is 0.300. The van der Waals surface area contributed by atoms with Crippen molar-refractivity contribution < 1.29 is 26.7 Å². The lowest BCUT2D eigenvalue weighted by molar-refractivity contribution is -0.137. The quantitative estimate of drug-likeness (QED) is 0.650. The highest BCUT2D eigenvalue weighted by atomic mass is 79.9. The van der Waals surface area contributed by atoms with E-state index in [9.17, 15) is 26.7 Å². The molecule has 0 radical (unpaired) electrons. The van der Waals surface area contributed by atoms with E-state index in [0.29, 0.717) is 0 Å². The molecule has 0 spiro atoms. The first-order valence-electron chi connectivity index (χ1n) is 4.91. The second kappa shape index (κ2) is 6.18. The van der Waals surface area contributed by atoms with Gasteiger partial charge in [0.25, 0.3) is 0 Å². The maximum absolute atomic E-state index is 13.3. The van der Waals surface area contributed by atoms with Crippen molar-refractivity contribution in [3.63, 3.8) is 0 Å². The third-order valence-corrected chi connectivity index (χ3v) is 2.54. The molecule has 106 valence electrons. The minimum Gasteiger partial charge on any atom is -0.374 e. The highest BCUT2D eigenvalue weighted by molar-refractivity contribution is 9.10. The Kier molecular flexibility index (Phi) is 5.10. The predicted octanol–water partition coefficient (Wildman–Crippen LogP) is 2.82. The number of carbonyl (C=O) groups is 1. The number of alkyl halides is 3. The minimum atomic E-state index is -4.52. The van der Waals surface area contributed by atoms with Crippen LogP contribution in [0.4, 0.5) is 27.6 Å². The number of anilines is 1. The van der Waals surface area contributed by atoms with Crippen molar-refractivity contribution in [2.45, 2.75) is 6.18 Å². The fourth-order valence-electron chi connectivity index (χ4n) is 1.09. The first kappa shape index (κ1) is 15.7. The number of halogens is 6. The number of benzene rings is 1. The molecule has 0 saturated carbocycles. The van der Waals surface area contributed by atoms with E-state index in [1.54, 1.807) is 5.32 Å². The molecule has 0 fully saturated rings. The molecule has 3 nitrogen and oxygen atoms in total. The van der Waals surface area contributed by atoms with Crippen LogP contribution in [0.2, 0.25) is 0 Å². The van der Waals surface area contributed by atoms with Gasteiger partial charge in [0.05, 0.1) is 16.7 Å². The SMILES string of the molecule is O=C(CNc1cc(F)c(Br)cc1F)NCC(F)(F)F. The van der Waals surface area contributed by atoms with Crippen LogP contribution in [0.3, 0.4) is 0 Å². The van der Waals surface area contributed by atoms with Gasteiger partial charge >= 0.3 is 6.18 Å². The molecule has 9 heteroatoms. The van der Waals surface area contributed by atoms with Gasteiger partial charge in [-0.2, -0.15) is 13.2 Å². The zero-order valence-electron chi connectivity index (χ0n) is 9.24. The van der Waals surface area contributed by atoms with Crippen LogP contribution >= 0.6 is 15.9 Å². The third-order valence-electron chi connectivity index (χ3n) is 1.94. The van der Waals surface area contributed by atoms with Gasteiger partial charge in [-0.3, -0.25) is 4.79 Å². The van der Waals surface area contributed by atoms with Gasteiger partial charge in [0.1, 0.15) is 18.2 Å². The lowest BCUT2D eigenvalue weighted by Gasteiger charge is -2.10. The van der Waals surface area contributed by atoms with Gasteiger partial charge in [-0.15, -0.1) is 0 Å². The third kappa shape index (κ3) is 5.41. The smallest absolute Gasteiger partial charge is 0.374 e. The summed E-state index contributed by atoms with van der Waals surface area (Å²) in [5.41, 5.74) is -0.317. The van der Waals surface area contributed by atoms with Crippen molar-refractivity contribution in [1.82, 2.24) is 5.32 Å². The number of hydrogen-bond donors (Lipinski definition) is 2. The summed E-state index contributed by atoms with van der Waals surface area (Å²) in [6, 6.07) is 1.63. The zero-order chi connectivity index (χ0) is 14.6. The minimum absolute atomic E-state index is 0.0999. The van der Waals surface area contributed by atoms with Crippen molar-refractivity contribution in [3.05, 3.63) is 28.2 Å². The average Bonchev–Trinajstić information content (AvgIpc) is 2.28. The molecule has 1 amide bonds. The van der Waals surface area contributed by atoms with Crippen molar-refractivity contribution >= 4 is 27.5 Å². The molecule has 1 aromatic carbocycles. The molecule has 1 rings (SSSR count). The molecular formula is C10H8BrF5N2O. The standard InChI is InChI=1S/C10H8BrF5N2O/c11-5-1-7(13)8(2-6(5)12)17-3-9(19)18-4-10(14,15)16/h1-2,17H,3-4H2,(H,18,19). The Bertz CT molecular complexity index is 478. The van der Waals surface area contributed by atoms with Crippen molar-refractivity contribution in [2.75, 3.05) is 18.4 Å². The molecular weight excluding hydrogens is 339 g/mol. The number of rotatable bonds is 4. The predicted molar refractivity (Wildman–Crippen MR) is 61.6 cm³/mol. The van der Waals surface area contributed by atoms with Crippen molar-refractivity contribution in [3.8, 4) is 0 Å². The monoisotopic (exact) mass is 346 g/mol. The number of nitrogens with one attached hydrogen (secondary N) is 2. The van der Waals surface area contributed by atoms with Crippen LogP contribution < -0.4 is 10.6 Å². The summed E-state index contributed by atoms with van der Waals surface area (Å²) in [7, 11) is 0. The van der Waals surface area contributed by atoms with Gasteiger partial charge in [0, 0.05) is 6.07 Å². The topological polar surface area (TPSA) is 41.1 Å². The zero-order valence-corrected chi connectivity index (χ0v) is 10.8. The Morgan fingerprint density at radius 2 is 1.84 bits per heavy atom. The van der Waals surface area contributed by atoms with Crippen LogP contribution in [0.1, 0.15) is 0 Å². The summed E-state index contributed by atoms with van der Waals surface area (Å²) in [4.78, 5) is 11.0. The van der Waals surface area contributed by atoms with E-state index < -0.39 is 36.8 Å². The summed E-state index contributed by atoms with van der Waals surface area (Å²) >= 11 is 2.76. The van der Waals surface area contributed by atoms with Gasteiger partial charge in [-0.25, -0.2) is 8.78 Å². The molecule has 1 aromatic rings. The van der Waals surface area contributed by atoms with E-state index in [-0.39, 0.29) is 10.2 Å². The molecule has 19 heavy (non-hydrogen) atoms. The molecule has 0 unspecified atom stereocenters. The molecule has 0 aliphatic carbocycles. The van der Waals surface area contributed by atoms with Crippen LogP contribution in [-0.2, 0) is 4.79 Å². The number of carbonyl (C=O) groups excluding carboxylic acids is 1. The van der Waals surface area contributed by atoms with Crippen molar-refractivity contribution in [1.29, 1.82) is 0 Å². The van der Waals surface area contributed by atoms with Gasteiger partial charge in [-0.1, -0.05) is 0 Å². The van der Waals surface area contributed by atoms with Crippen LogP contribution in [0.25, 0.3) is 0 Å². The Morgan fingerprint density at radius 1 is 1.21 bits per heavy atom. The second-order valence-electron chi connectivity index (χ2n) is 3.49. The van der Waals surface area contributed by atoms with Crippen LogP contribution in [0.15, 0.2) is 16.6 Å². The summed E-state index contributed by atoms with van der Waals surface area (Å²) in [6.07, 6.45) is -4.52. The molecule has 0 aromatic heterocycles. The molecule has 0 atom stereocenters.